The highest BCUT2D eigenvalue weighted by Crippen LogP contribution is 2.28. The van der Waals surface area contributed by atoms with E-state index in [2.05, 4.69) is 21.9 Å². The molecule has 4 nitrogen and oxygen atoms in total. The average molecular weight is 250 g/mol. The molecule has 0 unspecified atom stereocenters. The fourth-order valence-electron chi connectivity index (χ4n) is 2.35. The lowest BCUT2D eigenvalue weighted by Crippen LogP contribution is -2.47. The summed E-state index contributed by atoms with van der Waals surface area (Å²) in [4.78, 5) is 4.65. The standard InChI is InChI=1S/C14H22N2O2/c1-2-18-14-6-4-3-5-13(14)16-9-7-15(8-10-16)11-12-17/h3-6,17H,2,7-12H2,1H3. The summed E-state index contributed by atoms with van der Waals surface area (Å²) in [5.74, 6) is 0.968. The molecule has 0 radical (unpaired) electrons. The number of β-amino-alcohol motifs (C(OH)–C–C–N with tert-alkyl or cyclic N) is 1. The molecule has 18 heavy (non-hydrogen) atoms. The second-order valence-electron chi connectivity index (χ2n) is 4.45. The van der Waals surface area contributed by atoms with Crippen molar-refractivity contribution in [2.45, 2.75) is 6.92 Å². The monoisotopic (exact) mass is 250 g/mol. The van der Waals surface area contributed by atoms with E-state index in [1.165, 1.54) is 5.69 Å². The molecule has 1 N–H and O–H groups in total. The van der Waals surface area contributed by atoms with Crippen LogP contribution in [0.4, 0.5) is 5.69 Å². The molecule has 0 aliphatic carbocycles. The number of piperazine rings is 1. The molecule has 2 rings (SSSR count). The van der Waals surface area contributed by atoms with Crippen LogP contribution in [0.25, 0.3) is 0 Å². The third-order valence-corrected chi connectivity index (χ3v) is 3.29. The van der Waals surface area contributed by atoms with Crippen LogP contribution in [0.15, 0.2) is 24.3 Å². The smallest absolute Gasteiger partial charge is 0.142 e. The first-order valence-electron chi connectivity index (χ1n) is 6.65. The Morgan fingerprint density at radius 1 is 1.17 bits per heavy atom. The highest BCUT2D eigenvalue weighted by atomic mass is 16.5. The van der Waals surface area contributed by atoms with Gasteiger partial charge >= 0.3 is 0 Å². The van der Waals surface area contributed by atoms with E-state index in [1.54, 1.807) is 0 Å². The topological polar surface area (TPSA) is 35.9 Å². The van der Waals surface area contributed by atoms with Crippen molar-refractivity contribution in [3.63, 3.8) is 0 Å². The zero-order valence-corrected chi connectivity index (χ0v) is 11.0. The van der Waals surface area contributed by atoms with Gasteiger partial charge in [-0.2, -0.15) is 0 Å². The molecule has 4 heteroatoms. The SMILES string of the molecule is CCOc1ccccc1N1CCN(CCO)CC1. The minimum atomic E-state index is 0.246. The summed E-state index contributed by atoms with van der Waals surface area (Å²) in [5.41, 5.74) is 1.18. The molecule has 100 valence electrons. The van der Waals surface area contributed by atoms with Crippen molar-refractivity contribution in [1.29, 1.82) is 0 Å². The zero-order valence-electron chi connectivity index (χ0n) is 11.0. The van der Waals surface area contributed by atoms with Crippen LogP contribution in [0, 0.1) is 0 Å². The minimum Gasteiger partial charge on any atom is -0.492 e. The van der Waals surface area contributed by atoms with Gasteiger partial charge in [-0.15, -0.1) is 0 Å². The molecule has 1 aliphatic rings. The highest BCUT2D eigenvalue weighted by Gasteiger charge is 2.18. The Morgan fingerprint density at radius 3 is 2.56 bits per heavy atom. The number of rotatable bonds is 5. The number of ether oxygens (including phenoxy) is 1. The molecule has 0 spiro atoms. The van der Waals surface area contributed by atoms with Crippen LogP contribution in [-0.2, 0) is 0 Å². The Labute approximate surface area is 109 Å². The van der Waals surface area contributed by atoms with Crippen molar-refractivity contribution in [1.82, 2.24) is 4.90 Å². The first kappa shape index (κ1) is 13.2. The summed E-state index contributed by atoms with van der Waals surface area (Å²) in [7, 11) is 0. The van der Waals surface area contributed by atoms with Crippen molar-refractivity contribution in [2.24, 2.45) is 0 Å². The van der Waals surface area contributed by atoms with E-state index in [4.69, 9.17) is 9.84 Å². The number of para-hydroxylation sites is 2. The van der Waals surface area contributed by atoms with E-state index >= 15 is 0 Å². The first-order valence-corrected chi connectivity index (χ1v) is 6.65. The maximum Gasteiger partial charge on any atom is 0.142 e. The van der Waals surface area contributed by atoms with Gasteiger partial charge in [0.05, 0.1) is 18.9 Å². The van der Waals surface area contributed by atoms with Crippen LogP contribution >= 0.6 is 0 Å². The van der Waals surface area contributed by atoms with E-state index < -0.39 is 0 Å². The first-order chi connectivity index (χ1) is 8.85. The second-order valence-corrected chi connectivity index (χ2v) is 4.45. The molecule has 1 fully saturated rings. The van der Waals surface area contributed by atoms with E-state index in [0.717, 1.165) is 38.5 Å². The molecular formula is C14H22N2O2. The summed E-state index contributed by atoms with van der Waals surface area (Å²) in [5, 5.41) is 8.94. The van der Waals surface area contributed by atoms with E-state index in [-0.39, 0.29) is 6.61 Å². The van der Waals surface area contributed by atoms with Gasteiger partial charge in [0, 0.05) is 32.7 Å². The molecular weight excluding hydrogens is 228 g/mol. The maximum absolute atomic E-state index is 8.94. The lowest BCUT2D eigenvalue weighted by molar-refractivity contribution is 0.188. The summed E-state index contributed by atoms with van der Waals surface area (Å²) < 4.78 is 5.67. The van der Waals surface area contributed by atoms with E-state index in [1.807, 2.05) is 19.1 Å². The van der Waals surface area contributed by atoms with Crippen molar-refractivity contribution in [3.8, 4) is 5.75 Å². The summed E-state index contributed by atoms with van der Waals surface area (Å²) in [6.45, 7) is 7.71. The van der Waals surface area contributed by atoms with Crippen LogP contribution < -0.4 is 9.64 Å². The molecule has 0 aromatic heterocycles. The summed E-state index contributed by atoms with van der Waals surface area (Å²) in [6, 6.07) is 8.21. The van der Waals surface area contributed by atoms with E-state index in [0.29, 0.717) is 6.61 Å². The van der Waals surface area contributed by atoms with Crippen LogP contribution in [0.3, 0.4) is 0 Å². The normalized spacial score (nSPS) is 16.9. The fourth-order valence-corrected chi connectivity index (χ4v) is 2.35. The molecule has 1 aliphatic heterocycles. The minimum absolute atomic E-state index is 0.246. The zero-order chi connectivity index (χ0) is 12.8. The molecule has 0 bridgehead atoms. The van der Waals surface area contributed by atoms with Crippen LogP contribution in [0.1, 0.15) is 6.92 Å². The van der Waals surface area contributed by atoms with Gasteiger partial charge < -0.3 is 14.7 Å². The Balaban J connectivity index is 2.00. The number of hydrogen-bond donors (Lipinski definition) is 1. The second kappa shape index (κ2) is 6.61. The van der Waals surface area contributed by atoms with Gasteiger partial charge in [-0.25, -0.2) is 0 Å². The quantitative estimate of drug-likeness (QED) is 0.852. The van der Waals surface area contributed by atoms with Crippen LogP contribution in [0.2, 0.25) is 0 Å². The molecule has 1 aromatic carbocycles. The maximum atomic E-state index is 8.94. The van der Waals surface area contributed by atoms with E-state index in [9.17, 15) is 0 Å². The predicted octanol–water partition coefficient (Wildman–Crippen LogP) is 1.20. The number of hydrogen-bond acceptors (Lipinski definition) is 4. The Hall–Kier alpha value is -1.26. The van der Waals surface area contributed by atoms with Crippen LogP contribution in [0.5, 0.6) is 5.75 Å². The van der Waals surface area contributed by atoms with Gasteiger partial charge in [0.15, 0.2) is 0 Å². The predicted molar refractivity (Wildman–Crippen MR) is 73.3 cm³/mol. The molecule has 0 atom stereocenters. The number of aliphatic hydroxyl groups is 1. The number of nitrogens with zero attached hydrogens (tertiary/aromatic N) is 2. The van der Waals surface area contributed by atoms with Gasteiger partial charge in [0.1, 0.15) is 5.75 Å². The van der Waals surface area contributed by atoms with Gasteiger partial charge in [-0.1, -0.05) is 12.1 Å². The average Bonchev–Trinajstić information content (AvgIpc) is 2.41. The van der Waals surface area contributed by atoms with Crippen molar-refractivity contribution in [3.05, 3.63) is 24.3 Å². The number of benzene rings is 1. The molecule has 1 saturated heterocycles. The van der Waals surface area contributed by atoms with Gasteiger partial charge in [-0.3, -0.25) is 4.90 Å². The van der Waals surface area contributed by atoms with Crippen molar-refractivity contribution in [2.75, 3.05) is 50.8 Å². The fraction of sp³-hybridized carbons (Fsp3) is 0.571. The largest absolute Gasteiger partial charge is 0.492 e. The summed E-state index contributed by atoms with van der Waals surface area (Å²) in [6.07, 6.45) is 0. The summed E-state index contributed by atoms with van der Waals surface area (Å²) >= 11 is 0. The number of anilines is 1. The molecule has 1 heterocycles. The molecule has 0 amide bonds. The Kier molecular flexibility index (Phi) is 4.84. The van der Waals surface area contributed by atoms with Gasteiger partial charge in [-0.05, 0) is 19.1 Å². The third kappa shape index (κ3) is 3.15. The van der Waals surface area contributed by atoms with Gasteiger partial charge in [0.2, 0.25) is 0 Å². The number of aliphatic hydroxyl groups excluding tert-OH is 1. The lowest BCUT2D eigenvalue weighted by atomic mass is 10.2. The molecule has 0 saturated carbocycles. The Bertz CT molecular complexity index is 363. The molecule has 1 aromatic rings. The third-order valence-electron chi connectivity index (χ3n) is 3.29. The van der Waals surface area contributed by atoms with Crippen molar-refractivity contribution >= 4 is 5.69 Å². The highest BCUT2D eigenvalue weighted by molar-refractivity contribution is 5.58. The van der Waals surface area contributed by atoms with Crippen molar-refractivity contribution < 1.29 is 9.84 Å². The lowest BCUT2D eigenvalue weighted by Gasteiger charge is -2.36. The van der Waals surface area contributed by atoms with Gasteiger partial charge in [0.25, 0.3) is 0 Å². The van der Waals surface area contributed by atoms with Crippen LogP contribution in [-0.4, -0.2) is 55.9 Å². The Morgan fingerprint density at radius 2 is 1.89 bits per heavy atom.